The van der Waals surface area contributed by atoms with E-state index in [2.05, 4.69) is 13.8 Å². The highest BCUT2D eigenvalue weighted by Gasteiger charge is 2.26. The molecule has 3 nitrogen and oxygen atoms in total. The van der Waals surface area contributed by atoms with Gasteiger partial charge in [-0.15, -0.1) is 0 Å². The maximum atomic E-state index is 10.7. The molecule has 2 N–H and O–H groups in total. The molecular weight excluding hydrogens is 164 g/mol. The van der Waals surface area contributed by atoms with Crippen molar-refractivity contribution in [3.8, 4) is 0 Å². The first-order valence-electron chi connectivity index (χ1n) is 5.15. The number of amides is 2. The number of nitrogens with zero attached hydrogens (tertiary/aromatic N) is 1. The summed E-state index contributed by atoms with van der Waals surface area (Å²) in [5, 5.41) is 0. The average Bonchev–Trinajstić information content (AvgIpc) is 2.56. The van der Waals surface area contributed by atoms with Gasteiger partial charge in [-0.3, -0.25) is 0 Å². The Morgan fingerprint density at radius 2 is 2.00 bits per heavy atom. The highest BCUT2D eigenvalue weighted by Crippen LogP contribution is 2.22. The van der Waals surface area contributed by atoms with Gasteiger partial charge in [-0.25, -0.2) is 4.79 Å². The van der Waals surface area contributed by atoms with Crippen LogP contribution in [-0.2, 0) is 0 Å². The van der Waals surface area contributed by atoms with Crippen LogP contribution in [0, 0.1) is 11.8 Å². The number of hydrogen-bond acceptors (Lipinski definition) is 1. The molecule has 1 rings (SSSR count). The second-order valence-electron chi connectivity index (χ2n) is 3.58. The van der Waals surface area contributed by atoms with Gasteiger partial charge in [-0.05, 0) is 18.3 Å². The Bertz CT molecular complexity index is 157. The summed E-state index contributed by atoms with van der Waals surface area (Å²) in [6, 6.07) is -0.270. The van der Waals surface area contributed by atoms with Crippen LogP contribution in [0.15, 0.2) is 0 Å². The number of hydrogen-bond donors (Lipinski definition) is 1. The van der Waals surface area contributed by atoms with E-state index in [1.807, 2.05) is 13.8 Å². The van der Waals surface area contributed by atoms with Crippen molar-refractivity contribution in [2.45, 2.75) is 34.1 Å². The van der Waals surface area contributed by atoms with Crippen LogP contribution >= 0.6 is 0 Å². The Morgan fingerprint density at radius 3 is 2.23 bits per heavy atom. The molecule has 0 aromatic heterocycles. The highest BCUT2D eigenvalue weighted by atomic mass is 16.2. The third kappa shape index (κ3) is 3.66. The van der Waals surface area contributed by atoms with Crippen molar-refractivity contribution in [1.82, 2.24) is 4.90 Å². The highest BCUT2D eigenvalue weighted by molar-refractivity contribution is 5.72. The van der Waals surface area contributed by atoms with Gasteiger partial charge in [-0.1, -0.05) is 27.7 Å². The van der Waals surface area contributed by atoms with Gasteiger partial charge in [0.1, 0.15) is 0 Å². The summed E-state index contributed by atoms with van der Waals surface area (Å²) in [5.74, 6) is 1.32. The predicted octanol–water partition coefficient (Wildman–Crippen LogP) is 2.07. The molecule has 1 fully saturated rings. The van der Waals surface area contributed by atoms with Gasteiger partial charge in [0, 0.05) is 13.1 Å². The molecule has 1 saturated heterocycles. The molecule has 1 aliphatic heterocycles. The Labute approximate surface area is 81.3 Å². The summed E-state index contributed by atoms with van der Waals surface area (Å²) >= 11 is 0. The fourth-order valence-corrected chi connectivity index (χ4v) is 1.53. The van der Waals surface area contributed by atoms with Crippen molar-refractivity contribution in [2.24, 2.45) is 17.6 Å². The third-order valence-electron chi connectivity index (χ3n) is 2.48. The van der Waals surface area contributed by atoms with Crippen LogP contribution < -0.4 is 5.73 Å². The van der Waals surface area contributed by atoms with E-state index in [9.17, 15) is 4.79 Å². The Morgan fingerprint density at radius 1 is 1.46 bits per heavy atom. The molecule has 1 atom stereocenters. The minimum atomic E-state index is -0.270. The summed E-state index contributed by atoms with van der Waals surface area (Å²) in [4.78, 5) is 12.4. The van der Waals surface area contributed by atoms with E-state index in [-0.39, 0.29) is 6.03 Å². The number of urea groups is 1. The fourth-order valence-electron chi connectivity index (χ4n) is 1.53. The van der Waals surface area contributed by atoms with E-state index in [4.69, 9.17) is 5.73 Å². The van der Waals surface area contributed by atoms with Gasteiger partial charge in [0.25, 0.3) is 0 Å². The molecule has 1 aliphatic rings. The zero-order valence-electron chi connectivity index (χ0n) is 9.21. The third-order valence-corrected chi connectivity index (χ3v) is 2.48. The summed E-state index contributed by atoms with van der Waals surface area (Å²) in [5.41, 5.74) is 5.15. The van der Waals surface area contributed by atoms with E-state index in [0.29, 0.717) is 11.8 Å². The van der Waals surface area contributed by atoms with Gasteiger partial charge in [0.2, 0.25) is 0 Å². The van der Waals surface area contributed by atoms with Gasteiger partial charge in [0.05, 0.1) is 0 Å². The smallest absolute Gasteiger partial charge is 0.314 e. The monoisotopic (exact) mass is 186 g/mol. The maximum Gasteiger partial charge on any atom is 0.314 e. The molecule has 0 radical (unpaired) electrons. The van der Waals surface area contributed by atoms with E-state index < -0.39 is 0 Å². The first kappa shape index (κ1) is 12.3. The van der Waals surface area contributed by atoms with Crippen molar-refractivity contribution in [1.29, 1.82) is 0 Å². The molecule has 2 amide bonds. The number of nitrogens with two attached hydrogens (primary N) is 1. The lowest BCUT2D eigenvalue weighted by Crippen LogP contribution is -2.33. The largest absolute Gasteiger partial charge is 0.351 e. The molecule has 0 aromatic rings. The zero-order valence-corrected chi connectivity index (χ0v) is 9.21. The number of likely N-dealkylation sites (tertiary alicyclic amines) is 1. The maximum absolute atomic E-state index is 10.7. The van der Waals surface area contributed by atoms with Crippen LogP contribution in [0.2, 0.25) is 0 Å². The number of primary amides is 1. The van der Waals surface area contributed by atoms with Crippen LogP contribution in [0.25, 0.3) is 0 Å². The van der Waals surface area contributed by atoms with E-state index >= 15 is 0 Å². The van der Waals surface area contributed by atoms with Gasteiger partial charge in [0.15, 0.2) is 0 Å². The zero-order chi connectivity index (χ0) is 10.4. The molecule has 0 aliphatic carbocycles. The molecule has 3 heteroatoms. The Balaban J connectivity index is 0.000000671. The fraction of sp³-hybridized carbons (Fsp3) is 0.900. The predicted molar refractivity (Wildman–Crippen MR) is 55.4 cm³/mol. The topological polar surface area (TPSA) is 46.3 Å². The van der Waals surface area contributed by atoms with Crippen LogP contribution in [0.3, 0.4) is 0 Å². The molecule has 0 spiro atoms. The second kappa shape index (κ2) is 5.84. The molecule has 1 unspecified atom stereocenters. The Hall–Kier alpha value is -0.730. The average molecular weight is 186 g/mol. The van der Waals surface area contributed by atoms with Gasteiger partial charge < -0.3 is 10.6 Å². The molecule has 0 aromatic carbocycles. The number of carbonyl (C=O) groups excluding carboxylic acids is 1. The van der Waals surface area contributed by atoms with Crippen LogP contribution in [-0.4, -0.2) is 24.0 Å². The van der Waals surface area contributed by atoms with Gasteiger partial charge >= 0.3 is 6.03 Å². The summed E-state index contributed by atoms with van der Waals surface area (Å²) in [6.45, 7) is 10.1. The first-order chi connectivity index (χ1) is 6.11. The van der Waals surface area contributed by atoms with Crippen molar-refractivity contribution in [3.63, 3.8) is 0 Å². The van der Waals surface area contributed by atoms with Crippen molar-refractivity contribution in [2.75, 3.05) is 13.1 Å². The van der Waals surface area contributed by atoms with Gasteiger partial charge in [-0.2, -0.15) is 0 Å². The summed E-state index contributed by atoms with van der Waals surface area (Å²) < 4.78 is 0. The lowest BCUT2D eigenvalue weighted by atomic mass is 9.95. The molecule has 0 bridgehead atoms. The van der Waals surface area contributed by atoms with Crippen molar-refractivity contribution in [3.05, 3.63) is 0 Å². The van der Waals surface area contributed by atoms with E-state index in [1.54, 1.807) is 4.90 Å². The Kier molecular flexibility index (Phi) is 5.51. The minimum Gasteiger partial charge on any atom is -0.351 e. The van der Waals surface area contributed by atoms with Crippen molar-refractivity contribution < 1.29 is 4.79 Å². The second-order valence-corrected chi connectivity index (χ2v) is 3.58. The lowest BCUT2D eigenvalue weighted by molar-refractivity contribution is 0.215. The number of rotatable bonds is 1. The SMILES string of the molecule is CC.CC(C)C1CCN(C(N)=O)C1. The summed E-state index contributed by atoms with van der Waals surface area (Å²) in [6.07, 6.45) is 1.11. The van der Waals surface area contributed by atoms with Crippen molar-refractivity contribution >= 4 is 6.03 Å². The molecule has 13 heavy (non-hydrogen) atoms. The number of carbonyl (C=O) groups is 1. The molecule has 1 heterocycles. The van der Waals surface area contributed by atoms with Crippen LogP contribution in [0.1, 0.15) is 34.1 Å². The first-order valence-corrected chi connectivity index (χ1v) is 5.15. The van der Waals surface area contributed by atoms with Crippen LogP contribution in [0.4, 0.5) is 4.79 Å². The van der Waals surface area contributed by atoms with E-state index in [1.165, 1.54) is 0 Å². The summed E-state index contributed by atoms with van der Waals surface area (Å²) in [7, 11) is 0. The molecular formula is C10H22N2O. The normalized spacial score (nSPS) is 21.3. The standard InChI is InChI=1S/C8H16N2O.C2H6/c1-6(2)7-3-4-10(5-7)8(9)11;1-2/h6-7H,3-5H2,1-2H3,(H2,9,11);1-2H3. The molecule has 0 saturated carbocycles. The lowest BCUT2D eigenvalue weighted by Gasteiger charge is -2.15. The van der Waals surface area contributed by atoms with Crippen LogP contribution in [0.5, 0.6) is 0 Å². The molecule has 78 valence electrons. The minimum absolute atomic E-state index is 0.270. The quantitative estimate of drug-likeness (QED) is 0.669. The van der Waals surface area contributed by atoms with E-state index in [0.717, 1.165) is 19.5 Å².